The van der Waals surface area contributed by atoms with Crippen LogP contribution in [0, 0.1) is 11.3 Å². The molecule has 1 atom stereocenters. The van der Waals surface area contributed by atoms with E-state index >= 15 is 0 Å². The number of nitrogens with zero attached hydrogens (tertiary/aromatic N) is 4. The first-order chi connectivity index (χ1) is 18.5. The number of hydrogen-bond acceptors (Lipinski definition) is 7. The molecular weight excluding hydrogens is 480 g/mol. The van der Waals surface area contributed by atoms with E-state index in [4.69, 9.17) is 9.26 Å². The van der Waals surface area contributed by atoms with Gasteiger partial charge in [-0.2, -0.15) is 10.2 Å². The third kappa shape index (κ3) is 4.26. The molecule has 0 bridgehead atoms. The Balaban J connectivity index is 1.25. The van der Waals surface area contributed by atoms with E-state index in [0.29, 0.717) is 34.4 Å². The molecular formula is C29H24N6O3. The summed E-state index contributed by atoms with van der Waals surface area (Å²) >= 11 is 0. The normalized spacial score (nSPS) is 14.4. The highest BCUT2D eigenvalue weighted by Gasteiger charge is 2.28. The maximum atomic E-state index is 13.0. The van der Waals surface area contributed by atoms with Crippen LogP contribution in [0.4, 0.5) is 0 Å². The maximum Gasteiger partial charge on any atom is 0.287 e. The van der Waals surface area contributed by atoms with Crippen LogP contribution in [-0.2, 0) is 6.42 Å². The van der Waals surface area contributed by atoms with Crippen LogP contribution in [-0.4, -0.2) is 32.1 Å². The summed E-state index contributed by atoms with van der Waals surface area (Å²) in [7, 11) is 0. The van der Waals surface area contributed by atoms with Gasteiger partial charge in [-0.05, 0) is 68.1 Å². The first kappa shape index (κ1) is 23.4. The topological polar surface area (TPSA) is 130 Å². The largest absolute Gasteiger partial charge is 0.490 e. The first-order valence-electron chi connectivity index (χ1n) is 12.4. The Kier molecular flexibility index (Phi) is 5.85. The number of carbonyl (C=O) groups excluding carboxylic acids is 1. The van der Waals surface area contributed by atoms with Crippen LogP contribution in [0.3, 0.4) is 0 Å². The highest BCUT2D eigenvalue weighted by molar-refractivity contribution is 5.94. The van der Waals surface area contributed by atoms with Gasteiger partial charge in [0.2, 0.25) is 5.82 Å². The fourth-order valence-electron chi connectivity index (χ4n) is 4.86. The van der Waals surface area contributed by atoms with Crippen molar-refractivity contribution in [2.75, 3.05) is 0 Å². The third-order valence-electron chi connectivity index (χ3n) is 6.56. The summed E-state index contributed by atoms with van der Waals surface area (Å²) in [4.78, 5) is 25.1. The molecule has 6 rings (SSSR count). The fourth-order valence-corrected chi connectivity index (χ4v) is 4.86. The lowest BCUT2D eigenvalue weighted by molar-refractivity contribution is 0.0927. The Morgan fingerprint density at radius 1 is 1.16 bits per heavy atom. The molecule has 1 aliphatic rings. The van der Waals surface area contributed by atoms with Gasteiger partial charge in [-0.15, -0.1) is 0 Å². The van der Waals surface area contributed by atoms with Crippen LogP contribution in [0.25, 0.3) is 33.9 Å². The van der Waals surface area contributed by atoms with Gasteiger partial charge >= 0.3 is 0 Å². The van der Waals surface area contributed by atoms with E-state index in [1.807, 2.05) is 56.3 Å². The SMILES string of the molecule is CC(C)Oc1ccc(-c2nc(-c3cccc4c3CC[C@@H]4NC(=O)c3nc4ccccc4[nH]3)no2)cc1C#N. The molecule has 9 heteroatoms. The zero-order valence-electron chi connectivity index (χ0n) is 20.9. The fraction of sp³-hybridized carbons (Fsp3) is 0.207. The van der Waals surface area contributed by atoms with Crippen LogP contribution < -0.4 is 10.1 Å². The number of fused-ring (bicyclic) bond motifs is 2. The standard InChI is InChI=1S/C29H24N6O3/c1-16(2)37-25-13-10-17(14-18(25)15-30)29-34-26(35-38-29)21-7-5-6-20-19(21)11-12-22(20)33-28(36)27-31-23-8-3-4-9-24(23)32-27/h3-10,13-14,16,22H,11-12H2,1-2H3,(H,31,32)(H,33,36)/t22-/m0/s1. The summed E-state index contributed by atoms with van der Waals surface area (Å²) in [6.45, 7) is 3.82. The second kappa shape index (κ2) is 9.48. The molecule has 188 valence electrons. The second-order valence-electron chi connectivity index (χ2n) is 9.45. The smallest absolute Gasteiger partial charge is 0.287 e. The Labute approximate surface area is 218 Å². The van der Waals surface area contributed by atoms with Crippen LogP contribution in [0.5, 0.6) is 5.75 Å². The number of aromatic amines is 1. The summed E-state index contributed by atoms with van der Waals surface area (Å²) in [5, 5.41) is 16.9. The van der Waals surface area contributed by atoms with E-state index in [1.165, 1.54) is 0 Å². The quantitative estimate of drug-likeness (QED) is 0.318. The lowest BCUT2D eigenvalue weighted by Gasteiger charge is -2.13. The number of rotatable bonds is 6. The van der Waals surface area contributed by atoms with E-state index < -0.39 is 0 Å². The minimum Gasteiger partial charge on any atom is -0.490 e. The predicted molar refractivity (Wildman–Crippen MR) is 140 cm³/mol. The van der Waals surface area contributed by atoms with Crippen molar-refractivity contribution < 1.29 is 14.1 Å². The molecule has 9 nitrogen and oxygen atoms in total. The number of carbonyl (C=O) groups is 1. The van der Waals surface area contributed by atoms with Gasteiger partial charge < -0.3 is 19.6 Å². The molecule has 1 aliphatic carbocycles. The van der Waals surface area contributed by atoms with Crippen LogP contribution >= 0.6 is 0 Å². The predicted octanol–water partition coefficient (Wildman–Crippen LogP) is 5.36. The van der Waals surface area contributed by atoms with Crippen molar-refractivity contribution in [2.24, 2.45) is 0 Å². The van der Waals surface area contributed by atoms with Gasteiger partial charge in [0.25, 0.3) is 11.8 Å². The summed E-state index contributed by atoms with van der Waals surface area (Å²) in [5.41, 5.74) is 5.58. The van der Waals surface area contributed by atoms with Gasteiger partial charge in [-0.3, -0.25) is 4.79 Å². The van der Waals surface area contributed by atoms with Gasteiger partial charge in [0, 0.05) is 11.1 Å². The molecule has 3 aromatic carbocycles. The highest BCUT2D eigenvalue weighted by Crippen LogP contribution is 2.38. The number of imidazole rings is 1. The number of benzene rings is 3. The molecule has 5 aromatic rings. The number of H-pyrrole nitrogens is 1. The molecule has 0 fully saturated rings. The number of ether oxygens (including phenoxy) is 1. The minimum atomic E-state index is -0.246. The summed E-state index contributed by atoms with van der Waals surface area (Å²) in [6, 6.07) is 20.7. The van der Waals surface area contributed by atoms with Gasteiger partial charge in [0.05, 0.1) is 28.7 Å². The number of aromatic nitrogens is 4. The molecule has 1 amide bonds. The zero-order chi connectivity index (χ0) is 26.2. The Morgan fingerprint density at radius 2 is 2.03 bits per heavy atom. The Hall–Kier alpha value is -4.97. The molecule has 0 aliphatic heterocycles. The van der Waals surface area contributed by atoms with Crippen molar-refractivity contribution >= 4 is 16.9 Å². The molecule has 0 radical (unpaired) electrons. The van der Waals surface area contributed by atoms with Crippen LogP contribution in [0.2, 0.25) is 0 Å². The summed E-state index contributed by atoms with van der Waals surface area (Å²) in [5.74, 6) is 1.34. The van der Waals surface area contributed by atoms with E-state index in [9.17, 15) is 10.1 Å². The van der Waals surface area contributed by atoms with E-state index in [-0.39, 0.29) is 18.1 Å². The highest BCUT2D eigenvalue weighted by atomic mass is 16.5. The summed E-state index contributed by atoms with van der Waals surface area (Å²) in [6.07, 6.45) is 1.47. The Bertz CT molecular complexity index is 1680. The van der Waals surface area contributed by atoms with Crippen molar-refractivity contribution in [3.05, 3.63) is 83.2 Å². The monoisotopic (exact) mass is 504 g/mol. The average Bonchev–Trinajstić information content (AvgIpc) is 3.67. The second-order valence-corrected chi connectivity index (χ2v) is 9.45. The lowest BCUT2D eigenvalue weighted by atomic mass is 10.0. The first-order valence-corrected chi connectivity index (χ1v) is 12.4. The number of nitriles is 1. The Morgan fingerprint density at radius 3 is 2.84 bits per heavy atom. The molecule has 2 aromatic heterocycles. The number of nitrogens with one attached hydrogen (secondary N) is 2. The van der Waals surface area contributed by atoms with Crippen molar-refractivity contribution in [2.45, 2.75) is 38.8 Å². The molecule has 0 saturated carbocycles. The maximum absolute atomic E-state index is 13.0. The third-order valence-corrected chi connectivity index (χ3v) is 6.56. The zero-order valence-corrected chi connectivity index (χ0v) is 20.9. The molecule has 0 unspecified atom stereocenters. The van der Waals surface area contributed by atoms with Gasteiger partial charge in [-0.1, -0.05) is 35.5 Å². The van der Waals surface area contributed by atoms with Gasteiger partial charge in [0.15, 0.2) is 5.82 Å². The van der Waals surface area contributed by atoms with Crippen molar-refractivity contribution in [1.29, 1.82) is 5.26 Å². The molecule has 0 saturated heterocycles. The van der Waals surface area contributed by atoms with Crippen LogP contribution in [0.15, 0.2) is 65.2 Å². The van der Waals surface area contributed by atoms with Crippen molar-refractivity contribution in [3.63, 3.8) is 0 Å². The summed E-state index contributed by atoms with van der Waals surface area (Å²) < 4.78 is 11.3. The number of para-hydroxylation sites is 2. The van der Waals surface area contributed by atoms with Crippen molar-refractivity contribution in [1.82, 2.24) is 25.4 Å². The molecule has 38 heavy (non-hydrogen) atoms. The lowest BCUT2D eigenvalue weighted by Crippen LogP contribution is -2.28. The van der Waals surface area contributed by atoms with E-state index in [1.54, 1.807) is 18.2 Å². The van der Waals surface area contributed by atoms with Crippen molar-refractivity contribution in [3.8, 4) is 34.7 Å². The number of hydrogen-bond donors (Lipinski definition) is 2. The van der Waals surface area contributed by atoms with E-state index in [2.05, 4.69) is 31.5 Å². The molecule has 2 heterocycles. The van der Waals surface area contributed by atoms with Gasteiger partial charge in [0.1, 0.15) is 11.8 Å². The van der Waals surface area contributed by atoms with Crippen LogP contribution in [0.1, 0.15) is 53.6 Å². The van der Waals surface area contributed by atoms with Gasteiger partial charge in [-0.25, -0.2) is 4.98 Å². The molecule has 0 spiro atoms. The van der Waals surface area contributed by atoms with E-state index in [0.717, 1.165) is 40.6 Å². The number of amides is 1. The molecule has 2 N–H and O–H groups in total. The minimum absolute atomic E-state index is 0.0459. The average molecular weight is 505 g/mol.